The van der Waals surface area contributed by atoms with E-state index >= 15 is 0 Å². The first kappa shape index (κ1) is 20.5. The molecule has 3 N–H and O–H groups in total. The molecule has 22 heavy (non-hydrogen) atoms. The van der Waals surface area contributed by atoms with E-state index in [9.17, 15) is 9.59 Å². The molecule has 0 aromatic heterocycles. The second kappa shape index (κ2) is 10.3. The molecule has 1 aromatic carbocycles. The van der Waals surface area contributed by atoms with Crippen molar-refractivity contribution >= 4 is 42.3 Å². The SMILES string of the molecule is Cl.Cl.NCC(=O)NCC(=O)N1CCN(c2ccccc2)CC1. The maximum absolute atomic E-state index is 11.9. The van der Waals surface area contributed by atoms with E-state index in [1.807, 2.05) is 18.2 Å². The Morgan fingerprint density at radius 3 is 2.18 bits per heavy atom. The van der Waals surface area contributed by atoms with E-state index in [0.717, 1.165) is 13.1 Å². The third-order valence-corrected chi connectivity index (χ3v) is 3.38. The van der Waals surface area contributed by atoms with E-state index in [4.69, 9.17) is 5.73 Å². The van der Waals surface area contributed by atoms with E-state index in [0.29, 0.717) is 13.1 Å². The van der Waals surface area contributed by atoms with Crippen LogP contribution in [0, 0.1) is 0 Å². The number of carbonyl (C=O) groups excluding carboxylic acids is 2. The van der Waals surface area contributed by atoms with Gasteiger partial charge in [0.25, 0.3) is 0 Å². The van der Waals surface area contributed by atoms with Crippen molar-refractivity contribution in [3.8, 4) is 0 Å². The number of anilines is 1. The Kier molecular flexibility index (Phi) is 9.56. The lowest BCUT2D eigenvalue weighted by molar-refractivity contribution is -0.132. The van der Waals surface area contributed by atoms with Gasteiger partial charge in [0.05, 0.1) is 13.1 Å². The van der Waals surface area contributed by atoms with Crippen LogP contribution in [0.5, 0.6) is 0 Å². The van der Waals surface area contributed by atoms with Gasteiger partial charge in [-0.3, -0.25) is 9.59 Å². The summed E-state index contributed by atoms with van der Waals surface area (Å²) in [5.74, 6) is -0.360. The van der Waals surface area contributed by atoms with Gasteiger partial charge in [0.2, 0.25) is 11.8 Å². The van der Waals surface area contributed by atoms with Crippen LogP contribution in [0.3, 0.4) is 0 Å². The van der Waals surface area contributed by atoms with Crippen molar-refractivity contribution in [1.82, 2.24) is 10.2 Å². The number of hydrogen-bond acceptors (Lipinski definition) is 4. The number of nitrogens with two attached hydrogens (primary N) is 1. The van der Waals surface area contributed by atoms with Crippen LogP contribution in [-0.2, 0) is 9.59 Å². The Hall–Kier alpha value is -1.50. The molecule has 6 nitrogen and oxygen atoms in total. The summed E-state index contributed by atoms with van der Waals surface area (Å²) in [6.07, 6.45) is 0. The zero-order valence-electron chi connectivity index (χ0n) is 12.2. The standard InChI is InChI=1S/C14H20N4O2.2ClH/c15-10-13(19)16-11-14(20)18-8-6-17(7-9-18)12-4-2-1-3-5-12;;/h1-5H,6-11,15H2,(H,16,19);2*1H. The molecule has 0 saturated carbocycles. The van der Waals surface area contributed by atoms with Gasteiger partial charge in [0.15, 0.2) is 0 Å². The monoisotopic (exact) mass is 348 g/mol. The summed E-state index contributed by atoms with van der Waals surface area (Å²) >= 11 is 0. The number of halogens is 2. The van der Waals surface area contributed by atoms with Gasteiger partial charge in [-0.25, -0.2) is 0 Å². The number of benzene rings is 1. The molecule has 2 rings (SSSR count). The van der Waals surface area contributed by atoms with E-state index in [2.05, 4.69) is 22.3 Å². The van der Waals surface area contributed by atoms with Gasteiger partial charge >= 0.3 is 0 Å². The highest BCUT2D eigenvalue weighted by Gasteiger charge is 2.21. The van der Waals surface area contributed by atoms with E-state index < -0.39 is 0 Å². The van der Waals surface area contributed by atoms with Crippen molar-refractivity contribution in [3.63, 3.8) is 0 Å². The van der Waals surface area contributed by atoms with Crippen LogP contribution in [0.25, 0.3) is 0 Å². The molecule has 1 saturated heterocycles. The molecule has 0 spiro atoms. The fourth-order valence-electron chi connectivity index (χ4n) is 2.21. The Bertz CT molecular complexity index is 465. The van der Waals surface area contributed by atoms with Crippen LogP contribution >= 0.6 is 24.8 Å². The maximum Gasteiger partial charge on any atom is 0.242 e. The Labute approximate surface area is 142 Å². The van der Waals surface area contributed by atoms with Crippen molar-refractivity contribution in [1.29, 1.82) is 0 Å². The minimum absolute atomic E-state index is 0. The van der Waals surface area contributed by atoms with Crippen LogP contribution < -0.4 is 16.0 Å². The van der Waals surface area contributed by atoms with E-state index in [-0.39, 0.29) is 49.7 Å². The molecule has 0 aliphatic carbocycles. The Morgan fingerprint density at radius 1 is 1.05 bits per heavy atom. The van der Waals surface area contributed by atoms with Crippen LogP contribution in [0.4, 0.5) is 5.69 Å². The van der Waals surface area contributed by atoms with Crippen molar-refractivity contribution in [2.24, 2.45) is 5.73 Å². The molecule has 1 fully saturated rings. The van der Waals surface area contributed by atoms with Crippen LogP contribution in [-0.4, -0.2) is 56.0 Å². The van der Waals surface area contributed by atoms with Gasteiger partial charge < -0.3 is 20.9 Å². The second-order valence-electron chi connectivity index (χ2n) is 4.68. The fraction of sp³-hybridized carbons (Fsp3) is 0.429. The maximum atomic E-state index is 11.9. The first-order chi connectivity index (χ1) is 9.70. The molecule has 0 unspecified atom stereocenters. The highest BCUT2D eigenvalue weighted by atomic mass is 35.5. The third-order valence-electron chi connectivity index (χ3n) is 3.38. The molecule has 1 aliphatic heterocycles. The van der Waals surface area contributed by atoms with Crippen LogP contribution in [0.1, 0.15) is 0 Å². The quantitative estimate of drug-likeness (QED) is 0.817. The van der Waals surface area contributed by atoms with Gasteiger partial charge in [0.1, 0.15) is 0 Å². The number of para-hydroxylation sites is 1. The van der Waals surface area contributed by atoms with Crippen molar-refractivity contribution in [2.45, 2.75) is 0 Å². The molecule has 1 aliphatic rings. The molecule has 124 valence electrons. The van der Waals surface area contributed by atoms with Crippen molar-refractivity contribution in [3.05, 3.63) is 30.3 Å². The summed E-state index contributed by atoms with van der Waals surface area (Å²) in [6, 6.07) is 10.1. The lowest BCUT2D eigenvalue weighted by Crippen LogP contribution is -2.51. The minimum atomic E-state index is -0.304. The average molecular weight is 349 g/mol. The molecule has 8 heteroatoms. The fourth-order valence-corrected chi connectivity index (χ4v) is 2.21. The van der Waals surface area contributed by atoms with E-state index in [1.165, 1.54) is 5.69 Å². The highest BCUT2D eigenvalue weighted by molar-refractivity contribution is 5.86. The lowest BCUT2D eigenvalue weighted by Gasteiger charge is -2.36. The number of nitrogens with zero attached hydrogens (tertiary/aromatic N) is 2. The predicted molar refractivity (Wildman–Crippen MR) is 91.8 cm³/mol. The smallest absolute Gasteiger partial charge is 0.242 e. The summed E-state index contributed by atoms with van der Waals surface area (Å²) in [7, 11) is 0. The molecule has 0 atom stereocenters. The molecule has 1 aromatic rings. The van der Waals surface area contributed by atoms with Gasteiger partial charge in [-0.15, -0.1) is 24.8 Å². The summed E-state index contributed by atoms with van der Waals surface area (Å²) in [4.78, 5) is 27.0. The Balaban J connectivity index is 0.00000220. The summed E-state index contributed by atoms with van der Waals surface area (Å²) in [5, 5.41) is 2.50. The molecule has 1 heterocycles. The largest absolute Gasteiger partial charge is 0.368 e. The number of rotatable bonds is 4. The number of nitrogens with one attached hydrogen (secondary N) is 1. The van der Waals surface area contributed by atoms with Crippen molar-refractivity contribution in [2.75, 3.05) is 44.2 Å². The molecule has 2 amide bonds. The Morgan fingerprint density at radius 2 is 1.64 bits per heavy atom. The highest BCUT2D eigenvalue weighted by Crippen LogP contribution is 2.15. The lowest BCUT2D eigenvalue weighted by atomic mass is 10.2. The third kappa shape index (κ3) is 5.71. The molecule has 0 radical (unpaired) electrons. The predicted octanol–water partition coefficient (Wildman–Crippen LogP) is 0.254. The number of carbonyl (C=O) groups is 2. The van der Waals surface area contributed by atoms with Gasteiger partial charge in [-0.05, 0) is 12.1 Å². The number of piperazine rings is 1. The number of amides is 2. The molecular formula is C14H22Cl2N4O2. The first-order valence-electron chi connectivity index (χ1n) is 6.75. The second-order valence-corrected chi connectivity index (χ2v) is 4.68. The normalized spacial score (nSPS) is 13.7. The number of hydrogen-bond donors (Lipinski definition) is 2. The average Bonchev–Trinajstić information content (AvgIpc) is 2.53. The van der Waals surface area contributed by atoms with E-state index in [1.54, 1.807) is 4.90 Å². The van der Waals surface area contributed by atoms with Gasteiger partial charge in [-0.1, -0.05) is 18.2 Å². The zero-order valence-corrected chi connectivity index (χ0v) is 13.9. The first-order valence-corrected chi connectivity index (χ1v) is 6.75. The summed E-state index contributed by atoms with van der Waals surface area (Å²) < 4.78 is 0. The summed E-state index contributed by atoms with van der Waals surface area (Å²) in [5.41, 5.74) is 6.35. The summed E-state index contributed by atoms with van der Waals surface area (Å²) in [6.45, 7) is 2.90. The minimum Gasteiger partial charge on any atom is -0.368 e. The van der Waals surface area contributed by atoms with Crippen LogP contribution in [0.2, 0.25) is 0 Å². The van der Waals surface area contributed by atoms with Gasteiger partial charge in [0, 0.05) is 31.9 Å². The van der Waals surface area contributed by atoms with Crippen LogP contribution in [0.15, 0.2) is 30.3 Å². The van der Waals surface area contributed by atoms with Crippen molar-refractivity contribution < 1.29 is 9.59 Å². The zero-order chi connectivity index (χ0) is 14.4. The van der Waals surface area contributed by atoms with Gasteiger partial charge in [-0.2, -0.15) is 0 Å². The topological polar surface area (TPSA) is 78.7 Å². The molecule has 0 bridgehead atoms. The molecular weight excluding hydrogens is 327 g/mol.